The van der Waals surface area contributed by atoms with E-state index >= 15 is 0 Å². The maximum atomic E-state index is 12.1. The van der Waals surface area contributed by atoms with Gasteiger partial charge in [0.25, 0.3) is 11.8 Å². The summed E-state index contributed by atoms with van der Waals surface area (Å²) in [5, 5.41) is 10.7. The molecule has 3 N–H and O–H groups in total. The molecule has 4 rings (SSSR count). The molecule has 3 heterocycles. The predicted molar refractivity (Wildman–Crippen MR) is 99.3 cm³/mol. The van der Waals surface area contributed by atoms with Gasteiger partial charge in [0, 0.05) is 42.4 Å². The Hall–Kier alpha value is -2.89. The molecule has 2 aliphatic rings. The topological polar surface area (TPSA) is 106 Å². The van der Waals surface area contributed by atoms with Gasteiger partial charge in [-0.05, 0) is 18.2 Å². The van der Waals surface area contributed by atoms with Crippen molar-refractivity contribution in [2.24, 2.45) is 5.73 Å². The van der Waals surface area contributed by atoms with Gasteiger partial charge in [-0.25, -0.2) is 4.98 Å². The van der Waals surface area contributed by atoms with Gasteiger partial charge in [-0.3, -0.25) is 9.59 Å². The Balaban J connectivity index is 1.74. The van der Waals surface area contributed by atoms with Crippen molar-refractivity contribution in [1.29, 1.82) is 0 Å². The highest BCUT2D eigenvalue weighted by molar-refractivity contribution is 7.14. The molecule has 2 aromatic rings. The smallest absolute Gasteiger partial charge is 0.277 e. The van der Waals surface area contributed by atoms with Crippen molar-refractivity contribution < 1.29 is 19.4 Å². The number of nitrogens with two attached hydrogens (primary N) is 1. The molecule has 1 aromatic carbocycles. The summed E-state index contributed by atoms with van der Waals surface area (Å²) in [6.07, 6.45) is 0.915. The van der Waals surface area contributed by atoms with Crippen LogP contribution < -0.4 is 10.5 Å². The molecule has 1 fully saturated rings. The lowest BCUT2D eigenvalue weighted by Crippen LogP contribution is -2.37. The lowest BCUT2D eigenvalue weighted by Gasteiger charge is -2.13. The van der Waals surface area contributed by atoms with Crippen LogP contribution in [0.4, 0.5) is 0 Å². The number of carbonyl (C=O) groups excluding carboxylic acids is 2. The molecule has 7 nitrogen and oxygen atoms in total. The van der Waals surface area contributed by atoms with E-state index in [1.807, 2.05) is 0 Å². The van der Waals surface area contributed by atoms with Gasteiger partial charge in [0.1, 0.15) is 5.75 Å². The lowest BCUT2D eigenvalue weighted by atomic mass is 10.0. The van der Waals surface area contributed by atoms with Gasteiger partial charge in [-0.2, -0.15) is 0 Å². The van der Waals surface area contributed by atoms with Crippen LogP contribution in [0, 0.1) is 11.8 Å². The fourth-order valence-corrected chi connectivity index (χ4v) is 4.06. The average molecular weight is 383 g/mol. The van der Waals surface area contributed by atoms with E-state index in [2.05, 4.69) is 16.8 Å². The Morgan fingerprint density at radius 2 is 2.30 bits per heavy atom. The highest BCUT2D eigenvalue weighted by Crippen LogP contribution is 2.38. The Morgan fingerprint density at radius 3 is 3.00 bits per heavy atom. The zero-order chi connectivity index (χ0) is 19.2. The molecule has 0 saturated carbocycles. The molecule has 8 heteroatoms. The van der Waals surface area contributed by atoms with Crippen LogP contribution in [0.3, 0.4) is 0 Å². The first-order valence-electron chi connectivity index (χ1n) is 8.45. The second-order valence-corrected chi connectivity index (χ2v) is 7.64. The summed E-state index contributed by atoms with van der Waals surface area (Å²) < 4.78 is 5.77. The molecule has 0 aliphatic carbocycles. The number of thiazole rings is 1. The van der Waals surface area contributed by atoms with E-state index in [0.717, 1.165) is 10.4 Å². The first-order chi connectivity index (χ1) is 12.9. The molecule has 1 unspecified atom stereocenters. The van der Waals surface area contributed by atoms with E-state index in [1.165, 1.54) is 16.2 Å². The number of likely N-dealkylation sites (tertiary alicyclic amines) is 1. The molecule has 0 spiro atoms. The van der Waals surface area contributed by atoms with Crippen LogP contribution >= 0.6 is 11.3 Å². The van der Waals surface area contributed by atoms with Crippen molar-refractivity contribution in [3.05, 3.63) is 33.6 Å². The number of aliphatic hydroxyl groups is 1. The number of amides is 2. The van der Waals surface area contributed by atoms with Gasteiger partial charge in [-0.15, -0.1) is 11.3 Å². The van der Waals surface area contributed by atoms with Crippen LogP contribution in [0.1, 0.15) is 26.7 Å². The van der Waals surface area contributed by atoms with Crippen molar-refractivity contribution in [1.82, 2.24) is 9.88 Å². The molecule has 1 atom stereocenters. The van der Waals surface area contributed by atoms with Crippen LogP contribution in [0.5, 0.6) is 5.75 Å². The summed E-state index contributed by atoms with van der Waals surface area (Å²) in [6, 6.07) is 5.35. The minimum atomic E-state index is -1.65. The van der Waals surface area contributed by atoms with Gasteiger partial charge in [0.15, 0.2) is 5.01 Å². The summed E-state index contributed by atoms with van der Waals surface area (Å²) in [4.78, 5) is 30.3. The van der Waals surface area contributed by atoms with Gasteiger partial charge in [0.05, 0.1) is 12.3 Å². The highest BCUT2D eigenvalue weighted by atomic mass is 32.1. The van der Waals surface area contributed by atoms with Crippen molar-refractivity contribution in [2.75, 3.05) is 20.2 Å². The predicted octanol–water partition coefficient (Wildman–Crippen LogP) is 0.789. The summed E-state index contributed by atoms with van der Waals surface area (Å²) >= 11 is 1.27. The number of primary amides is 1. The number of nitrogens with zero attached hydrogens (tertiary/aromatic N) is 2. The van der Waals surface area contributed by atoms with Crippen molar-refractivity contribution in [2.45, 2.75) is 18.4 Å². The molecule has 0 radical (unpaired) electrons. The molecule has 1 saturated heterocycles. The van der Waals surface area contributed by atoms with Crippen molar-refractivity contribution in [3.63, 3.8) is 0 Å². The van der Waals surface area contributed by atoms with Crippen LogP contribution in [0.2, 0.25) is 0 Å². The van der Waals surface area contributed by atoms with Gasteiger partial charge >= 0.3 is 0 Å². The summed E-state index contributed by atoms with van der Waals surface area (Å²) in [7, 11) is 1.64. The molecule has 2 aliphatic heterocycles. The third-order valence-corrected chi connectivity index (χ3v) is 5.78. The monoisotopic (exact) mass is 383 g/mol. The quantitative estimate of drug-likeness (QED) is 0.708. The van der Waals surface area contributed by atoms with Crippen LogP contribution in [0.25, 0.3) is 11.3 Å². The number of ether oxygens (including phenoxy) is 1. The molecule has 1 aromatic heterocycles. The molecule has 27 heavy (non-hydrogen) atoms. The summed E-state index contributed by atoms with van der Waals surface area (Å²) in [6.45, 7) is 0.951. The van der Waals surface area contributed by atoms with E-state index in [4.69, 9.17) is 10.5 Å². The maximum Gasteiger partial charge on any atom is 0.277 e. The number of hydrogen-bond donors (Lipinski definition) is 2. The van der Waals surface area contributed by atoms with Gasteiger partial charge in [-0.1, -0.05) is 11.8 Å². The van der Waals surface area contributed by atoms with Crippen molar-refractivity contribution in [3.8, 4) is 28.8 Å². The minimum Gasteiger partial charge on any atom is -0.493 e. The Labute approximate surface area is 159 Å². The zero-order valence-corrected chi connectivity index (χ0v) is 15.4. The molecule has 138 valence electrons. The second kappa shape index (κ2) is 6.37. The first-order valence-corrected chi connectivity index (χ1v) is 9.27. The number of rotatable bonds is 1. The molecule has 0 bridgehead atoms. The fourth-order valence-electron chi connectivity index (χ4n) is 3.15. The average Bonchev–Trinajstić information content (AvgIpc) is 3.13. The van der Waals surface area contributed by atoms with E-state index in [0.29, 0.717) is 36.6 Å². The van der Waals surface area contributed by atoms with Gasteiger partial charge in [0.2, 0.25) is 5.60 Å². The fraction of sp³-hybridized carbons (Fsp3) is 0.316. The number of hydrogen-bond acceptors (Lipinski definition) is 6. The Kier molecular flexibility index (Phi) is 4.13. The number of aromatic nitrogens is 1. The third kappa shape index (κ3) is 3.05. The third-order valence-electron chi connectivity index (χ3n) is 4.65. The molecular weight excluding hydrogens is 366 g/mol. The van der Waals surface area contributed by atoms with E-state index < -0.39 is 11.5 Å². The second-order valence-electron chi connectivity index (χ2n) is 6.55. The standard InChI is InChI=1S/C19H17N3O4S/c1-22-8-7-19(25,18(22)24)6-4-11-2-3-13-12(10-11)15-14(5-9-26-13)27-17(21-15)16(20)23/h2-3,10,25H,5,7-9H2,1H3,(H2,20,23). The normalized spacial score (nSPS) is 20.8. The number of carbonyl (C=O) groups is 2. The number of fused-ring (bicyclic) bond motifs is 3. The Bertz CT molecular complexity index is 1020. The van der Waals surface area contributed by atoms with E-state index in [-0.39, 0.29) is 17.3 Å². The first kappa shape index (κ1) is 17.5. The number of benzene rings is 1. The molecule has 2 amide bonds. The van der Waals surface area contributed by atoms with E-state index in [9.17, 15) is 14.7 Å². The summed E-state index contributed by atoms with van der Waals surface area (Å²) in [5.74, 6) is 5.30. The van der Waals surface area contributed by atoms with Crippen LogP contribution in [-0.4, -0.2) is 52.6 Å². The van der Waals surface area contributed by atoms with Crippen LogP contribution in [-0.2, 0) is 11.2 Å². The summed E-state index contributed by atoms with van der Waals surface area (Å²) in [5.41, 5.74) is 5.72. The zero-order valence-electron chi connectivity index (χ0n) is 14.6. The SMILES string of the molecule is CN1CCC(O)(C#Cc2ccc3c(c2)-c2nc(C(N)=O)sc2CCO3)C1=O. The maximum absolute atomic E-state index is 12.1. The number of likely N-dealkylation sites (N-methyl/N-ethyl adjacent to an activating group) is 1. The Morgan fingerprint density at radius 1 is 1.48 bits per heavy atom. The van der Waals surface area contributed by atoms with Crippen LogP contribution in [0.15, 0.2) is 18.2 Å². The lowest BCUT2D eigenvalue weighted by molar-refractivity contribution is -0.137. The van der Waals surface area contributed by atoms with Crippen molar-refractivity contribution >= 4 is 23.2 Å². The largest absolute Gasteiger partial charge is 0.493 e. The minimum absolute atomic E-state index is 0.262. The highest BCUT2D eigenvalue weighted by Gasteiger charge is 2.42. The van der Waals surface area contributed by atoms with E-state index in [1.54, 1.807) is 25.2 Å². The molecular formula is C19H17N3O4S. The van der Waals surface area contributed by atoms with Gasteiger partial charge < -0.3 is 20.5 Å².